The predicted molar refractivity (Wildman–Crippen MR) is 55.0 cm³/mol. The number of hydrogen-bond acceptors (Lipinski definition) is 2. The van der Waals surface area contributed by atoms with Gasteiger partial charge in [-0.1, -0.05) is 12.1 Å². The summed E-state index contributed by atoms with van der Waals surface area (Å²) in [5.74, 6) is 0. The number of nitrogens with zero attached hydrogens (tertiary/aromatic N) is 1. The molecule has 68 valence electrons. The highest BCUT2D eigenvalue weighted by atomic mass is 32.2. The summed E-state index contributed by atoms with van der Waals surface area (Å²) in [6.45, 7) is 1.97. The van der Waals surface area contributed by atoms with E-state index in [4.69, 9.17) is 0 Å². The van der Waals surface area contributed by atoms with Crippen molar-refractivity contribution in [1.29, 1.82) is 0 Å². The van der Waals surface area contributed by atoms with Crippen LogP contribution in [0.25, 0.3) is 0 Å². The van der Waals surface area contributed by atoms with Crippen LogP contribution in [0.3, 0.4) is 0 Å². The SMILES string of the molecule is CC1=CS(=O)c2ccccc2N1C. The van der Waals surface area contributed by atoms with Gasteiger partial charge in [-0.3, -0.25) is 0 Å². The van der Waals surface area contributed by atoms with Crippen molar-refractivity contribution in [2.75, 3.05) is 11.9 Å². The quantitative estimate of drug-likeness (QED) is 0.629. The molecule has 0 saturated heterocycles. The first-order valence-electron chi connectivity index (χ1n) is 4.12. The molecule has 1 unspecified atom stereocenters. The summed E-state index contributed by atoms with van der Waals surface area (Å²) in [5.41, 5.74) is 2.08. The molecule has 0 amide bonds. The van der Waals surface area contributed by atoms with Crippen molar-refractivity contribution < 1.29 is 4.21 Å². The van der Waals surface area contributed by atoms with E-state index in [1.165, 1.54) is 0 Å². The van der Waals surface area contributed by atoms with Crippen LogP contribution in [0.5, 0.6) is 0 Å². The van der Waals surface area contributed by atoms with Crippen molar-refractivity contribution in [3.8, 4) is 0 Å². The summed E-state index contributed by atoms with van der Waals surface area (Å²) < 4.78 is 11.6. The maximum absolute atomic E-state index is 11.6. The summed E-state index contributed by atoms with van der Waals surface area (Å²) in [5, 5.41) is 1.78. The molecule has 1 aliphatic heterocycles. The molecule has 0 aliphatic carbocycles. The Morgan fingerprint density at radius 3 is 2.77 bits per heavy atom. The second-order valence-electron chi connectivity index (χ2n) is 3.08. The van der Waals surface area contributed by atoms with Crippen LogP contribution in [-0.2, 0) is 10.8 Å². The lowest BCUT2D eigenvalue weighted by atomic mass is 10.3. The normalized spacial score (nSPS) is 20.9. The van der Waals surface area contributed by atoms with Crippen LogP contribution in [0, 0.1) is 0 Å². The molecule has 1 heterocycles. The minimum absolute atomic E-state index is 0.899. The Morgan fingerprint density at radius 2 is 2.00 bits per heavy atom. The summed E-state index contributed by atoms with van der Waals surface area (Å²) in [6, 6.07) is 7.78. The Hall–Kier alpha value is -1.09. The lowest BCUT2D eigenvalue weighted by Crippen LogP contribution is -2.20. The zero-order valence-electron chi connectivity index (χ0n) is 7.65. The molecule has 0 spiro atoms. The topological polar surface area (TPSA) is 20.3 Å². The zero-order valence-corrected chi connectivity index (χ0v) is 8.47. The monoisotopic (exact) mass is 193 g/mol. The fourth-order valence-corrected chi connectivity index (χ4v) is 2.61. The zero-order chi connectivity index (χ0) is 9.42. The first kappa shape index (κ1) is 8.51. The van der Waals surface area contributed by atoms with Gasteiger partial charge in [-0.2, -0.15) is 0 Å². The van der Waals surface area contributed by atoms with Crippen LogP contribution >= 0.6 is 0 Å². The van der Waals surface area contributed by atoms with Gasteiger partial charge in [-0.25, -0.2) is 4.21 Å². The van der Waals surface area contributed by atoms with Crippen LogP contribution in [0.1, 0.15) is 6.92 Å². The Bertz CT molecular complexity index is 398. The van der Waals surface area contributed by atoms with Gasteiger partial charge in [0.1, 0.15) is 0 Å². The van der Waals surface area contributed by atoms with Gasteiger partial charge in [-0.05, 0) is 19.1 Å². The molecule has 0 radical (unpaired) electrons. The molecule has 0 fully saturated rings. The van der Waals surface area contributed by atoms with Gasteiger partial charge in [0.15, 0.2) is 0 Å². The third kappa shape index (κ3) is 1.29. The minimum atomic E-state index is -0.970. The summed E-state index contributed by atoms with van der Waals surface area (Å²) in [4.78, 5) is 2.95. The molecule has 1 aromatic carbocycles. The highest BCUT2D eigenvalue weighted by Gasteiger charge is 2.17. The first-order valence-corrected chi connectivity index (χ1v) is 5.33. The number of hydrogen-bond donors (Lipinski definition) is 0. The van der Waals surface area contributed by atoms with Crippen molar-refractivity contribution >= 4 is 16.5 Å². The standard InChI is InChI=1S/C10H11NOS/c1-8-7-13(12)10-6-4-3-5-9(10)11(8)2/h3-7H,1-2H3. The van der Waals surface area contributed by atoms with E-state index in [-0.39, 0.29) is 0 Å². The van der Waals surface area contributed by atoms with Gasteiger partial charge in [0.25, 0.3) is 0 Å². The second-order valence-corrected chi connectivity index (χ2v) is 4.35. The first-order chi connectivity index (χ1) is 6.20. The predicted octanol–water partition coefficient (Wildman–Crippen LogP) is 2.11. The van der Waals surface area contributed by atoms with Gasteiger partial charge >= 0.3 is 0 Å². The molecule has 0 N–H and O–H groups in total. The lowest BCUT2D eigenvalue weighted by Gasteiger charge is -2.25. The van der Waals surface area contributed by atoms with Gasteiger partial charge < -0.3 is 4.90 Å². The Morgan fingerprint density at radius 1 is 1.31 bits per heavy atom. The number of allylic oxidation sites excluding steroid dienone is 1. The van der Waals surface area contributed by atoms with E-state index in [9.17, 15) is 4.21 Å². The fraction of sp³-hybridized carbons (Fsp3) is 0.200. The molecule has 13 heavy (non-hydrogen) atoms. The number of benzene rings is 1. The van der Waals surface area contributed by atoms with Crippen LogP contribution < -0.4 is 4.90 Å². The van der Waals surface area contributed by atoms with E-state index in [0.717, 1.165) is 16.3 Å². The smallest absolute Gasteiger partial charge is 0.0814 e. The van der Waals surface area contributed by atoms with Gasteiger partial charge in [0.05, 0.1) is 21.4 Å². The highest BCUT2D eigenvalue weighted by molar-refractivity contribution is 7.88. The van der Waals surface area contributed by atoms with E-state index in [1.54, 1.807) is 5.41 Å². The van der Waals surface area contributed by atoms with Crippen LogP contribution in [0.2, 0.25) is 0 Å². The van der Waals surface area contributed by atoms with E-state index in [2.05, 4.69) is 4.90 Å². The molecular formula is C10H11NOS. The number of anilines is 1. The van der Waals surface area contributed by atoms with Crippen LogP contribution in [-0.4, -0.2) is 11.3 Å². The molecule has 0 bridgehead atoms. The lowest BCUT2D eigenvalue weighted by molar-refractivity contribution is 0.687. The number of para-hydroxylation sites is 1. The van der Waals surface area contributed by atoms with Crippen molar-refractivity contribution in [3.63, 3.8) is 0 Å². The molecule has 0 aromatic heterocycles. The molecule has 1 aliphatic rings. The summed E-state index contributed by atoms with van der Waals surface area (Å²) in [6.07, 6.45) is 0. The average molecular weight is 193 g/mol. The fourth-order valence-electron chi connectivity index (χ4n) is 1.39. The van der Waals surface area contributed by atoms with Crippen LogP contribution in [0.4, 0.5) is 5.69 Å². The molecule has 2 nitrogen and oxygen atoms in total. The van der Waals surface area contributed by atoms with E-state index in [0.29, 0.717) is 0 Å². The van der Waals surface area contributed by atoms with Crippen molar-refractivity contribution in [1.82, 2.24) is 0 Å². The Labute approximate surface area is 80.3 Å². The number of fused-ring (bicyclic) bond motifs is 1. The van der Waals surface area contributed by atoms with E-state index < -0.39 is 10.8 Å². The van der Waals surface area contributed by atoms with Gasteiger partial charge in [0.2, 0.25) is 0 Å². The summed E-state index contributed by atoms with van der Waals surface area (Å²) >= 11 is 0. The van der Waals surface area contributed by atoms with E-state index in [1.807, 2.05) is 38.2 Å². The van der Waals surface area contributed by atoms with Crippen molar-refractivity contribution in [3.05, 3.63) is 35.4 Å². The third-order valence-electron chi connectivity index (χ3n) is 2.25. The summed E-state index contributed by atoms with van der Waals surface area (Å²) in [7, 11) is 1.02. The maximum atomic E-state index is 11.6. The highest BCUT2D eigenvalue weighted by Crippen LogP contribution is 2.30. The molecule has 3 heteroatoms. The Balaban J connectivity index is 2.62. The molecule has 2 rings (SSSR count). The van der Waals surface area contributed by atoms with Crippen molar-refractivity contribution in [2.24, 2.45) is 0 Å². The van der Waals surface area contributed by atoms with Gasteiger partial charge in [0, 0.05) is 18.2 Å². The molecule has 0 saturated carbocycles. The molecule has 1 atom stereocenters. The van der Waals surface area contributed by atoms with Crippen molar-refractivity contribution in [2.45, 2.75) is 11.8 Å². The largest absolute Gasteiger partial charge is 0.347 e. The Kier molecular flexibility index (Phi) is 1.96. The second kappa shape index (κ2) is 3.00. The maximum Gasteiger partial charge on any atom is 0.0814 e. The molecule has 1 aromatic rings. The average Bonchev–Trinajstić information content (AvgIpc) is 2.15. The third-order valence-corrected chi connectivity index (χ3v) is 3.58. The minimum Gasteiger partial charge on any atom is -0.347 e. The molecular weight excluding hydrogens is 182 g/mol. The van der Waals surface area contributed by atoms with E-state index >= 15 is 0 Å². The number of rotatable bonds is 0. The van der Waals surface area contributed by atoms with Gasteiger partial charge in [-0.15, -0.1) is 0 Å². The van der Waals surface area contributed by atoms with Crippen LogP contribution in [0.15, 0.2) is 40.3 Å².